The second-order valence-electron chi connectivity index (χ2n) is 5.52. The fourth-order valence-corrected chi connectivity index (χ4v) is 2.92. The molecule has 0 radical (unpaired) electrons. The highest BCUT2D eigenvalue weighted by Crippen LogP contribution is 2.29. The molecule has 0 saturated carbocycles. The van der Waals surface area contributed by atoms with Gasteiger partial charge in [-0.05, 0) is 36.6 Å². The average molecular weight is 300 g/mol. The fourth-order valence-electron chi connectivity index (χ4n) is 2.92. The maximum absolute atomic E-state index is 14.3. The van der Waals surface area contributed by atoms with Gasteiger partial charge in [0.15, 0.2) is 11.6 Å². The normalized spacial score (nSPS) is 14.7. The first-order chi connectivity index (χ1) is 10.7. The third-order valence-corrected chi connectivity index (χ3v) is 4.24. The van der Waals surface area contributed by atoms with E-state index in [2.05, 4.69) is 33.2 Å². The van der Waals surface area contributed by atoms with Gasteiger partial charge in [0.2, 0.25) is 0 Å². The first kappa shape index (κ1) is 14.9. The highest BCUT2D eigenvalue weighted by atomic mass is 19.1. The van der Waals surface area contributed by atoms with Crippen molar-refractivity contribution in [2.45, 2.75) is 33.2 Å². The molecule has 22 heavy (non-hydrogen) atoms. The van der Waals surface area contributed by atoms with Crippen LogP contribution < -0.4 is 5.32 Å². The molecule has 1 aliphatic rings. The van der Waals surface area contributed by atoms with E-state index in [1.165, 1.54) is 17.5 Å². The third kappa shape index (κ3) is 2.81. The van der Waals surface area contributed by atoms with E-state index in [1.54, 1.807) is 0 Å². The van der Waals surface area contributed by atoms with Gasteiger partial charge in [-0.2, -0.15) is 0 Å². The van der Waals surface area contributed by atoms with Crippen LogP contribution in [0.15, 0.2) is 24.5 Å². The molecule has 0 aliphatic carbocycles. The number of nitrogens with zero attached hydrogens (tertiary/aromatic N) is 3. The summed E-state index contributed by atoms with van der Waals surface area (Å²) in [4.78, 5) is 10.4. The number of benzene rings is 1. The zero-order valence-corrected chi connectivity index (χ0v) is 13.1. The van der Waals surface area contributed by atoms with Gasteiger partial charge in [-0.15, -0.1) is 0 Å². The molecule has 2 heterocycles. The van der Waals surface area contributed by atoms with Crippen molar-refractivity contribution in [1.29, 1.82) is 0 Å². The van der Waals surface area contributed by atoms with Gasteiger partial charge in [0.25, 0.3) is 0 Å². The Labute approximate surface area is 130 Å². The van der Waals surface area contributed by atoms with Crippen LogP contribution in [-0.4, -0.2) is 28.0 Å². The topological polar surface area (TPSA) is 41.1 Å². The fraction of sp³-hybridized carbons (Fsp3) is 0.412. The predicted octanol–water partition coefficient (Wildman–Crippen LogP) is 3.30. The van der Waals surface area contributed by atoms with Crippen LogP contribution in [0.5, 0.6) is 0 Å². The van der Waals surface area contributed by atoms with Crippen molar-refractivity contribution in [3.05, 3.63) is 47.2 Å². The van der Waals surface area contributed by atoms with Crippen molar-refractivity contribution in [3.8, 4) is 0 Å². The summed E-state index contributed by atoms with van der Waals surface area (Å²) in [6, 6.07) is 6.16. The molecular formula is C17H21FN4. The van der Waals surface area contributed by atoms with E-state index >= 15 is 0 Å². The van der Waals surface area contributed by atoms with Crippen LogP contribution in [0.3, 0.4) is 0 Å². The molecule has 0 bridgehead atoms. The molecule has 2 aromatic rings. The average Bonchev–Trinajstić information content (AvgIpc) is 2.56. The van der Waals surface area contributed by atoms with Gasteiger partial charge in [-0.3, -0.25) is 4.90 Å². The maximum atomic E-state index is 14.3. The van der Waals surface area contributed by atoms with Gasteiger partial charge in [0, 0.05) is 18.8 Å². The number of likely N-dealkylation sites (N-methyl/N-ethyl adjacent to an activating group) is 1. The summed E-state index contributed by atoms with van der Waals surface area (Å²) in [5.74, 6) is -0.0910. The summed E-state index contributed by atoms with van der Waals surface area (Å²) in [5.41, 5.74) is 3.97. The van der Waals surface area contributed by atoms with Crippen molar-refractivity contribution >= 4 is 11.5 Å². The number of fused-ring (bicyclic) bond motifs is 1. The van der Waals surface area contributed by atoms with E-state index in [4.69, 9.17) is 0 Å². The summed E-state index contributed by atoms with van der Waals surface area (Å²) in [7, 11) is 0. The summed E-state index contributed by atoms with van der Waals surface area (Å²) in [6.07, 6.45) is 2.94. The monoisotopic (exact) mass is 300 g/mol. The van der Waals surface area contributed by atoms with Crippen LogP contribution >= 0.6 is 0 Å². The van der Waals surface area contributed by atoms with Gasteiger partial charge in [-0.25, -0.2) is 14.4 Å². The molecule has 1 aromatic carbocycles. The zero-order chi connectivity index (χ0) is 15.5. The summed E-state index contributed by atoms with van der Waals surface area (Å²) in [5, 5.41) is 3.16. The minimum absolute atomic E-state index is 0.262. The van der Waals surface area contributed by atoms with E-state index in [1.807, 2.05) is 19.1 Å². The Morgan fingerprint density at radius 2 is 2.14 bits per heavy atom. The Balaban J connectivity index is 1.91. The number of anilines is 2. The molecule has 0 spiro atoms. The molecule has 0 amide bonds. The second kappa shape index (κ2) is 6.40. The SMILES string of the molecule is CCc1ncnc(Nc2cccc3c2CCN(CC)C3)c1F. The molecule has 1 aromatic heterocycles. The Morgan fingerprint density at radius 1 is 1.27 bits per heavy atom. The standard InChI is InChI=1S/C17H21FN4/c1-3-14-16(18)17(20-11-19-14)21-15-7-5-6-12-10-22(4-2)9-8-13(12)15/h5-7,11H,3-4,8-10H2,1-2H3,(H,19,20,21). The first-order valence-electron chi connectivity index (χ1n) is 7.82. The van der Waals surface area contributed by atoms with Crippen molar-refractivity contribution < 1.29 is 4.39 Å². The van der Waals surface area contributed by atoms with Gasteiger partial charge < -0.3 is 5.32 Å². The molecule has 1 N–H and O–H groups in total. The van der Waals surface area contributed by atoms with E-state index in [9.17, 15) is 4.39 Å². The molecule has 3 rings (SSSR count). The van der Waals surface area contributed by atoms with Crippen molar-refractivity contribution in [3.63, 3.8) is 0 Å². The summed E-state index contributed by atoms with van der Waals surface area (Å²) >= 11 is 0. The van der Waals surface area contributed by atoms with E-state index in [0.717, 1.165) is 31.7 Å². The molecule has 1 aliphatic heterocycles. The Kier molecular flexibility index (Phi) is 4.34. The number of hydrogen-bond donors (Lipinski definition) is 1. The lowest BCUT2D eigenvalue weighted by molar-refractivity contribution is 0.268. The first-order valence-corrected chi connectivity index (χ1v) is 7.82. The largest absolute Gasteiger partial charge is 0.337 e. The Hall–Kier alpha value is -2.01. The lowest BCUT2D eigenvalue weighted by Crippen LogP contribution is -2.30. The number of aryl methyl sites for hydroxylation is 1. The zero-order valence-electron chi connectivity index (χ0n) is 13.1. The van der Waals surface area contributed by atoms with Gasteiger partial charge >= 0.3 is 0 Å². The van der Waals surface area contributed by atoms with Gasteiger partial charge in [0.1, 0.15) is 6.33 Å². The molecular weight excluding hydrogens is 279 g/mol. The number of hydrogen-bond acceptors (Lipinski definition) is 4. The van der Waals surface area contributed by atoms with Crippen LogP contribution in [0.4, 0.5) is 15.9 Å². The quantitative estimate of drug-likeness (QED) is 0.940. The molecule has 4 nitrogen and oxygen atoms in total. The van der Waals surface area contributed by atoms with Crippen LogP contribution in [0.25, 0.3) is 0 Å². The van der Waals surface area contributed by atoms with Crippen molar-refractivity contribution in [2.75, 3.05) is 18.4 Å². The van der Waals surface area contributed by atoms with Crippen LogP contribution in [0.1, 0.15) is 30.7 Å². The van der Waals surface area contributed by atoms with Crippen molar-refractivity contribution in [1.82, 2.24) is 14.9 Å². The highest BCUT2D eigenvalue weighted by molar-refractivity contribution is 5.63. The lowest BCUT2D eigenvalue weighted by Gasteiger charge is -2.29. The number of halogens is 1. The minimum Gasteiger partial charge on any atom is -0.337 e. The smallest absolute Gasteiger partial charge is 0.187 e. The van der Waals surface area contributed by atoms with Gasteiger partial charge in [0.05, 0.1) is 5.69 Å². The Morgan fingerprint density at radius 3 is 2.91 bits per heavy atom. The number of aromatic nitrogens is 2. The summed E-state index contributed by atoms with van der Waals surface area (Å²) in [6.45, 7) is 7.11. The van der Waals surface area contributed by atoms with Crippen LogP contribution in [0.2, 0.25) is 0 Å². The van der Waals surface area contributed by atoms with Crippen molar-refractivity contribution in [2.24, 2.45) is 0 Å². The molecule has 0 saturated heterocycles. The molecule has 0 fully saturated rings. The predicted molar refractivity (Wildman–Crippen MR) is 85.7 cm³/mol. The number of nitrogens with one attached hydrogen (secondary N) is 1. The van der Waals surface area contributed by atoms with Crippen LogP contribution in [-0.2, 0) is 19.4 Å². The third-order valence-electron chi connectivity index (χ3n) is 4.24. The highest BCUT2D eigenvalue weighted by Gasteiger charge is 2.18. The lowest BCUT2D eigenvalue weighted by atomic mass is 9.97. The van der Waals surface area contributed by atoms with E-state index in [-0.39, 0.29) is 11.6 Å². The van der Waals surface area contributed by atoms with Crippen LogP contribution in [0, 0.1) is 5.82 Å². The second-order valence-corrected chi connectivity index (χ2v) is 5.52. The summed E-state index contributed by atoms with van der Waals surface area (Å²) < 4.78 is 14.3. The molecule has 0 unspecified atom stereocenters. The maximum Gasteiger partial charge on any atom is 0.187 e. The molecule has 116 valence electrons. The molecule has 5 heteroatoms. The van der Waals surface area contributed by atoms with E-state index < -0.39 is 0 Å². The Bertz CT molecular complexity index is 672. The van der Waals surface area contributed by atoms with Gasteiger partial charge in [-0.1, -0.05) is 26.0 Å². The molecule has 0 atom stereocenters. The minimum atomic E-state index is -0.353. The number of rotatable bonds is 4. The van der Waals surface area contributed by atoms with E-state index in [0.29, 0.717) is 12.1 Å².